The highest BCUT2D eigenvalue weighted by molar-refractivity contribution is 7.22. The molecule has 0 saturated carbocycles. The van der Waals surface area contributed by atoms with E-state index in [0.717, 1.165) is 32.3 Å². The molecule has 3 aromatic heterocycles. The van der Waals surface area contributed by atoms with Crippen LogP contribution in [0.2, 0.25) is 5.02 Å². The fraction of sp³-hybridized carbons (Fsp3) is 0.227. The molecule has 0 unspecified atom stereocenters. The molecule has 0 fully saturated rings. The van der Waals surface area contributed by atoms with Crippen LogP contribution in [-0.2, 0) is 13.0 Å². The van der Waals surface area contributed by atoms with Gasteiger partial charge in [0.05, 0.1) is 16.8 Å². The Labute approximate surface area is 192 Å². The van der Waals surface area contributed by atoms with Gasteiger partial charge in [-0.05, 0) is 42.3 Å². The minimum Gasteiger partial charge on any atom is -0.393 e. The lowest BCUT2D eigenvalue weighted by Crippen LogP contribution is -2.32. The smallest absolute Gasteiger partial charge is 0.189 e. The van der Waals surface area contributed by atoms with Gasteiger partial charge in [-0.15, -0.1) is 0 Å². The topological polar surface area (TPSA) is 94.4 Å². The zero-order valence-corrected chi connectivity index (χ0v) is 18.4. The summed E-state index contributed by atoms with van der Waals surface area (Å²) in [5.41, 5.74) is 3.21. The fourth-order valence-corrected chi connectivity index (χ4v) is 4.94. The number of benzene rings is 1. The van der Waals surface area contributed by atoms with Crippen molar-refractivity contribution >= 4 is 49.9 Å². The molecule has 0 bridgehead atoms. The Hall–Kier alpha value is -2.85. The molecule has 1 aromatic carbocycles. The van der Waals surface area contributed by atoms with Crippen LogP contribution in [0.15, 0.2) is 42.7 Å². The van der Waals surface area contributed by atoms with Crippen LogP contribution in [-0.4, -0.2) is 38.3 Å². The molecule has 3 N–H and O–H groups in total. The minimum atomic E-state index is -1.15. The molecular formula is C22H19ClFN5O2S. The largest absolute Gasteiger partial charge is 0.393 e. The number of aliphatic hydroxyl groups excluding tert-OH is 2. The number of anilines is 3. The maximum absolute atomic E-state index is 14.7. The van der Waals surface area contributed by atoms with Gasteiger partial charge in [0, 0.05) is 41.6 Å². The van der Waals surface area contributed by atoms with Gasteiger partial charge in [0.2, 0.25) is 0 Å². The summed E-state index contributed by atoms with van der Waals surface area (Å²) in [5.74, 6) is 0.431. The number of hydrogen-bond donors (Lipinski definition) is 3. The van der Waals surface area contributed by atoms with Gasteiger partial charge in [-0.1, -0.05) is 22.9 Å². The summed E-state index contributed by atoms with van der Waals surface area (Å²) < 4.78 is 15.7. The highest BCUT2D eigenvalue weighted by Crippen LogP contribution is 2.33. The SMILES string of the molecule is OC[C@H](O)c1cnc(N2CCc3c(ccnc3Nc3nc4ccc(Cl)cc4s3)C2)c(F)c1. The van der Waals surface area contributed by atoms with E-state index in [4.69, 9.17) is 16.7 Å². The van der Waals surface area contributed by atoms with Crippen LogP contribution >= 0.6 is 22.9 Å². The van der Waals surface area contributed by atoms with E-state index in [9.17, 15) is 9.50 Å². The van der Waals surface area contributed by atoms with Gasteiger partial charge in [-0.2, -0.15) is 0 Å². The quantitative estimate of drug-likeness (QED) is 0.401. The fourth-order valence-electron chi connectivity index (χ4n) is 3.80. The molecule has 1 aliphatic heterocycles. The number of aliphatic hydroxyl groups is 2. The van der Waals surface area contributed by atoms with Crippen LogP contribution in [0.25, 0.3) is 10.2 Å². The van der Waals surface area contributed by atoms with E-state index in [0.29, 0.717) is 24.5 Å². The Kier molecular flexibility index (Phi) is 5.64. The van der Waals surface area contributed by atoms with Crippen molar-refractivity contribution in [3.63, 3.8) is 0 Å². The first-order valence-electron chi connectivity index (χ1n) is 10.0. The number of thiazole rings is 1. The first-order chi connectivity index (χ1) is 15.5. The molecule has 0 aliphatic carbocycles. The Bertz CT molecular complexity index is 1300. The molecule has 0 spiro atoms. The number of nitrogens with zero attached hydrogens (tertiary/aromatic N) is 4. The van der Waals surface area contributed by atoms with Crippen LogP contribution in [0.1, 0.15) is 22.8 Å². The summed E-state index contributed by atoms with van der Waals surface area (Å²) in [7, 11) is 0. The molecule has 0 radical (unpaired) electrons. The number of hydrogen-bond acceptors (Lipinski definition) is 8. The first-order valence-corrected chi connectivity index (χ1v) is 11.2. The van der Waals surface area contributed by atoms with Crippen LogP contribution in [0, 0.1) is 5.82 Å². The number of halogens is 2. The Morgan fingerprint density at radius 1 is 1.25 bits per heavy atom. The van der Waals surface area contributed by atoms with E-state index in [-0.39, 0.29) is 11.4 Å². The summed E-state index contributed by atoms with van der Waals surface area (Å²) >= 11 is 7.58. The molecule has 4 aromatic rings. The zero-order chi connectivity index (χ0) is 22.2. The highest BCUT2D eigenvalue weighted by Gasteiger charge is 2.24. The molecule has 1 aliphatic rings. The number of rotatable bonds is 5. The molecule has 5 rings (SSSR count). The van der Waals surface area contributed by atoms with Crippen LogP contribution < -0.4 is 10.2 Å². The summed E-state index contributed by atoms with van der Waals surface area (Å²) in [4.78, 5) is 15.2. The third kappa shape index (κ3) is 4.00. The van der Waals surface area contributed by atoms with Crippen molar-refractivity contribution in [3.05, 3.63) is 70.3 Å². The highest BCUT2D eigenvalue weighted by atomic mass is 35.5. The van der Waals surface area contributed by atoms with E-state index in [1.807, 2.05) is 29.2 Å². The van der Waals surface area contributed by atoms with Crippen LogP contribution in [0.3, 0.4) is 0 Å². The lowest BCUT2D eigenvalue weighted by molar-refractivity contribution is 0.0951. The minimum absolute atomic E-state index is 0.221. The lowest BCUT2D eigenvalue weighted by Gasteiger charge is -2.31. The Morgan fingerprint density at radius 3 is 2.94 bits per heavy atom. The monoisotopic (exact) mass is 471 g/mol. The van der Waals surface area contributed by atoms with Crippen molar-refractivity contribution < 1.29 is 14.6 Å². The molecule has 0 amide bonds. The maximum atomic E-state index is 14.7. The summed E-state index contributed by atoms with van der Waals surface area (Å²) in [6.07, 6.45) is 2.63. The van der Waals surface area contributed by atoms with Gasteiger partial charge in [0.25, 0.3) is 0 Å². The van der Waals surface area contributed by atoms with Gasteiger partial charge in [-0.3, -0.25) is 0 Å². The van der Waals surface area contributed by atoms with Crippen molar-refractivity contribution in [1.29, 1.82) is 0 Å². The van der Waals surface area contributed by atoms with Crippen molar-refractivity contribution in [2.24, 2.45) is 0 Å². The zero-order valence-electron chi connectivity index (χ0n) is 16.8. The average Bonchev–Trinajstić information content (AvgIpc) is 3.19. The van der Waals surface area contributed by atoms with Crippen LogP contribution in [0.4, 0.5) is 21.2 Å². The summed E-state index contributed by atoms with van der Waals surface area (Å²) in [6, 6.07) is 8.73. The van der Waals surface area contributed by atoms with Gasteiger partial charge >= 0.3 is 0 Å². The molecule has 10 heteroatoms. The second-order valence-electron chi connectivity index (χ2n) is 7.50. The van der Waals surface area contributed by atoms with Crippen molar-refractivity contribution in [3.8, 4) is 0 Å². The van der Waals surface area contributed by atoms with Crippen molar-refractivity contribution in [2.45, 2.75) is 19.1 Å². The first kappa shape index (κ1) is 21.0. The van der Waals surface area contributed by atoms with E-state index < -0.39 is 18.5 Å². The average molecular weight is 472 g/mol. The molecule has 4 heterocycles. The molecular weight excluding hydrogens is 453 g/mol. The predicted molar refractivity (Wildman–Crippen MR) is 123 cm³/mol. The van der Waals surface area contributed by atoms with Gasteiger partial charge in [0.15, 0.2) is 16.8 Å². The molecule has 7 nitrogen and oxygen atoms in total. The number of fused-ring (bicyclic) bond motifs is 2. The van der Waals surface area contributed by atoms with E-state index in [1.165, 1.54) is 23.6 Å². The third-order valence-electron chi connectivity index (χ3n) is 5.42. The molecule has 0 saturated heterocycles. The number of pyridine rings is 2. The second kappa shape index (κ2) is 8.59. The van der Waals surface area contributed by atoms with Gasteiger partial charge in [0.1, 0.15) is 11.9 Å². The Morgan fingerprint density at radius 2 is 2.12 bits per heavy atom. The summed E-state index contributed by atoms with van der Waals surface area (Å²) in [5, 5.41) is 23.5. The lowest BCUT2D eigenvalue weighted by atomic mass is 10.0. The number of nitrogens with one attached hydrogen (secondary N) is 1. The normalized spacial score (nSPS) is 14.4. The van der Waals surface area contributed by atoms with Crippen LogP contribution in [0.5, 0.6) is 0 Å². The van der Waals surface area contributed by atoms with E-state index in [1.54, 1.807) is 6.20 Å². The standard InChI is InChI=1S/C22H19ClFN5O2S/c23-14-1-2-17-19(8-14)32-22(27-17)28-20-15-4-6-29(10-12(15)3-5-25-20)21-16(24)7-13(9-26-21)18(31)11-30/h1-3,5,7-9,18,30-31H,4,6,10-11H2,(H,25,27,28)/t18-/m0/s1. The Balaban J connectivity index is 1.38. The van der Waals surface area contributed by atoms with E-state index in [2.05, 4.69) is 20.3 Å². The van der Waals surface area contributed by atoms with Gasteiger partial charge in [-0.25, -0.2) is 19.3 Å². The molecule has 164 valence electrons. The van der Waals surface area contributed by atoms with E-state index >= 15 is 0 Å². The number of aromatic nitrogens is 3. The predicted octanol–water partition coefficient (Wildman–Crippen LogP) is 4.21. The molecule has 32 heavy (non-hydrogen) atoms. The second-order valence-corrected chi connectivity index (χ2v) is 8.96. The molecule has 1 atom stereocenters. The van der Waals surface area contributed by atoms with Crippen molar-refractivity contribution in [1.82, 2.24) is 15.0 Å². The van der Waals surface area contributed by atoms with Crippen molar-refractivity contribution in [2.75, 3.05) is 23.4 Å². The summed E-state index contributed by atoms with van der Waals surface area (Å²) in [6.45, 7) is 0.560. The third-order valence-corrected chi connectivity index (χ3v) is 6.59. The maximum Gasteiger partial charge on any atom is 0.189 e. The van der Waals surface area contributed by atoms with Gasteiger partial charge < -0.3 is 20.4 Å².